The number of thiophene rings is 1. The van der Waals surface area contributed by atoms with E-state index >= 15 is 0 Å². The molecule has 0 saturated carbocycles. The molecule has 206 valence electrons. The molecular weight excluding hydrogens is 559 g/mol. The highest BCUT2D eigenvalue weighted by Gasteiger charge is 2.19. The number of para-hydroxylation sites is 2. The van der Waals surface area contributed by atoms with Crippen molar-refractivity contribution in [2.24, 2.45) is 0 Å². The Morgan fingerprint density at radius 3 is 1.86 bits per heavy atom. The molecule has 0 N–H and O–H groups in total. The monoisotopic (exact) mass is 581 g/mol. The van der Waals surface area contributed by atoms with Crippen LogP contribution in [0.2, 0.25) is 0 Å². The second-order valence-electron chi connectivity index (χ2n) is 11.3. The zero-order valence-electron chi connectivity index (χ0n) is 23.5. The van der Waals surface area contributed by atoms with Crippen molar-refractivity contribution in [3.63, 3.8) is 0 Å². The van der Waals surface area contributed by atoms with Crippen LogP contribution in [0.4, 0.5) is 17.1 Å². The minimum atomic E-state index is 0.870. The highest BCUT2D eigenvalue weighted by molar-refractivity contribution is 7.27. The Bertz CT molecular complexity index is 2730. The minimum Gasteiger partial charge on any atom is -0.456 e. The standard InChI is InChI=1S/C40H23NO2S/c1-2-9-25(10-3-1)41(26-15-18-30-29-12-6-7-13-34(29)42-36(30)22-26)27-16-19-33-37(23-27)43-35-21-20-32-31-17-14-24-8-4-5-11-28(24)39(31)44-40(32)38(33)35/h1-23H. The van der Waals surface area contributed by atoms with Crippen molar-refractivity contribution in [1.82, 2.24) is 0 Å². The third kappa shape index (κ3) is 3.37. The quantitative estimate of drug-likeness (QED) is 0.208. The van der Waals surface area contributed by atoms with Gasteiger partial charge < -0.3 is 13.7 Å². The molecule has 44 heavy (non-hydrogen) atoms. The van der Waals surface area contributed by atoms with Crippen molar-refractivity contribution < 1.29 is 8.83 Å². The van der Waals surface area contributed by atoms with Crippen molar-refractivity contribution in [2.75, 3.05) is 4.90 Å². The van der Waals surface area contributed by atoms with Gasteiger partial charge in [0.1, 0.15) is 22.3 Å². The van der Waals surface area contributed by atoms with Gasteiger partial charge in [0.2, 0.25) is 0 Å². The van der Waals surface area contributed by atoms with Crippen LogP contribution in [0, 0.1) is 0 Å². The van der Waals surface area contributed by atoms with E-state index in [-0.39, 0.29) is 0 Å². The first kappa shape index (κ1) is 23.9. The summed E-state index contributed by atoms with van der Waals surface area (Å²) < 4.78 is 15.5. The third-order valence-corrected chi connectivity index (χ3v) is 10.1. The van der Waals surface area contributed by atoms with Crippen molar-refractivity contribution >= 4 is 103 Å². The van der Waals surface area contributed by atoms with Crippen LogP contribution >= 0.6 is 11.3 Å². The summed E-state index contributed by atoms with van der Waals surface area (Å²) in [4.78, 5) is 2.26. The van der Waals surface area contributed by atoms with E-state index in [1.54, 1.807) is 0 Å². The summed E-state index contributed by atoms with van der Waals surface area (Å²) in [6, 6.07) is 49.2. The summed E-state index contributed by atoms with van der Waals surface area (Å²) >= 11 is 1.87. The zero-order valence-corrected chi connectivity index (χ0v) is 24.3. The fourth-order valence-corrected chi connectivity index (χ4v) is 8.22. The van der Waals surface area contributed by atoms with Gasteiger partial charge in [0.05, 0.1) is 0 Å². The first-order chi connectivity index (χ1) is 21.8. The lowest BCUT2D eigenvalue weighted by molar-refractivity contribution is 0.669. The Kier molecular flexibility index (Phi) is 4.87. The van der Waals surface area contributed by atoms with Crippen LogP contribution in [-0.2, 0) is 0 Å². The lowest BCUT2D eigenvalue weighted by Gasteiger charge is -2.25. The molecule has 10 rings (SSSR count). The number of nitrogens with zero attached hydrogens (tertiary/aromatic N) is 1. The fourth-order valence-electron chi connectivity index (χ4n) is 6.83. The average molecular weight is 582 g/mol. The normalized spacial score (nSPS) is 12.1. The number of rotatable bonds is 3. The summed E-state index contributed by atoms with van der Waals surface area (Å²) in [5.74, 6) is 0. The Hall–Kier alpha value is -5.58. The van der Waals surface area contributed by atoms with Crippen LogP contribution in [0.3, 0.4) is 0 Å². The number of hydrogen-bond donors (Lipinski definition) is 0. The molecule has 3 aromatic heterocycles. The fraction of sp³-hybridized carbons (Fsp3) is 0. The van der Waals surface area contributed by atoms with Gasteiger partial charge in [0, 0.05) is 70.9 Å². The van der Waals surface area contributed by atoms with Gasteiger partial charge in [-0.3, -0.25) is 0 Å². The Labute approximate surface area is 255 Å². The predicted octanol–water partition coefficient (Wildman–Crippen LogP) is 12.5. The summed E-state index contributed by atoms with van der Waals surface area (Å²) in [7, 11) is 0. The maximum absolute atomic E-state index is 6.58. The van der Waals surface area contributed by atoms with Crippen molar-refractivity contribution in [3.8, 4) is 0 Å². The molecule has 0 saturated heterocycles. The molecule has 3 nitrogen and oxygen atoms in total. The van der Waals surface area contributed by atoms with Gasteiger partial charge in [0.15, 0.2) is 0 Å². The average Bonchev–Trinajstić information content (AvgIpc) is 3.76. The lowest BCUT2D eigenvalue weighted by Crippen LogP contribution is -2.09. The Balaban J connectivity index is 1.19. The van der Waals surface area contributed by atoms with Crippen LogP contribution in [0.25, 0.3) is 74.8 Å². The highest BCUT2D eigenvalue weighted by Crippen LogP contribution is 2.46. The van der Waals surface area contributed by atoms with Crippen LogP contribution in [0.1, 0.15) is 0 Å². The van der Waals surface area contributed by atoms with E-state index in [2.05, 4.69) is 126 Å². The molecule has 4 heteroatoms. The summed E-state index contributed by atoms with van der Waals surface area (Å²) in [5, 5.41) is 9.71. The maximum Gasteiger partial charge on any atom is 0.137 e. The topological polar surface area (TPSA) is 29.5 Å². The molecular formula is C40H23NO2S. The number of benzene rings is 7. The van der Waals surface area contributed by atoms with Gasteiger partial charge >= 0.3 is 0 Å². The Morgan fingerprint density at radius 2 is 1.00 bits per heavy atom. The van der Waals surface area contributed by atoms with E-state index in [0.717, 1.165) is 55.6 Å². The number of fused-ring (bicyclic) bond motifs is 12. The second kappa shape index (κ2) is 8.96. The molecule has 10 aromatic rings. The van der Waals surface area contributed by atoms with Crippen molar-refractivity contribution in [3.05, 3.63) is 140 Å². The molecule has 0 bridgehead atoms. The van der Waals surface area contributed by atoms with Gasteiger partial charge in [-0.25, -0.2) is 0 Å². The SMILES string of the molecule is c1ccc(N(c2ccc3c(c2)oc2ccccc23)c2ccc3c(c2)oc2ccc4c5ccc6ccccc6c5sc4c23)cc1. The van der Waals surface area contributed by atoms with Gasteiger partial charge in [-0.05, 0) is 65.4 Å². The lowest BCUT2D eigenvalue weighted by atomic mass is 10.0. The van der Waals surface area contributed by atoms with Gasteiger partial charge in [0.25, 0.3) is 0 Å². The number of anilines is 3. The molecule has 0 fully saturated rings. The van der Waals surface area contributed by atoms with E-state index in [1.807, 2.05) is 29.5 Å². The van der Waals surface area contributed by atoms with E-state index in [9.17, 15) is 0 Å². The van der Waals surface area contributed by atoms with Crippen LogP contribution in [-0.4, -0.2) is 0 Å². The van der Waals surface area contributed by atoms with Crippen molar-refractivity contribution in [2.45, 2.75) is 0 Å². The highest BCUT2D eigenvalue weighted by atomic mass is 32.1. The van der Waals surface area contributed by atoms with E-state index in [1.165, 1.54) is 36.3 Å². The van der Waals surface area contributed by atoms with E-state index < -0.39 is 0 Å². The van der Waals surface area contributed by atoms with Crippen LogP contribution < -0.4 is 4.90 Å². The molecule has 0 aliphatic heterocycles. The van der Waals surface area contributed by atoms with Crippen LogP contribution in [0.15, 0.2) is 148 Å². The zero-order chi connectivity index (χ0) is 28.8. The minimum absolute atomic E-state index is 0.870. The molecule has 0 radical (unpaired) electrons. The first-order valence-corrected chi connectivity index (χ1v) is 15.6. The largest absolute Gasteiger partial charge is 0.456 e. The van der Waals surface area contributed by atoms with Gasteiger partial charge in [-0.15, -0.1) is 11.3 Å². The second-order valence-corrected chi connectivity index (χ2v) is 12.3. The molecule has 0 spiro atoms. The predicted molar refractivity (Wildman–Crippen MR) is 186 cm³/mol. The van der Waals surface area contributed by atoms with Crippen LogP contribution in [0.5, 0.6) is 0 Å². The Morgan fingerprint density at radius 1 is 0.386 bits per heavy atom. The smallest absolute Gasteiger partial charge is 0.137 e. The third-order valence-electron chi connectivity index (χ3n) is 8.84. The first-order valence-electron chi connectivity index (χ1n) is 14.8. The molecule has 0 aliphatic rings. The molecule has 0 unspecified atom stereocenters. The summed E-state index contributed by atoms with van der Waals surface area (Å²) in [6.45, 7) is 0. The summed E-state index contributed by atoms with van der Waals surface area (Å²) in [6.07, 6.45) is 0. The maximum atomic E-state index is 6.58. The summed E-state index contributed by atoms with van der Waals surface area (Å²) in [5.41, 5.74) is 6.67. The molecule has 0 atom stereocenters. The molecule has 7 aromatic carbocycles. The van der Waals surface area contributed by atoms with E-state index in [4.69, 9.17) is 8.83 Å². The van der Waals surface area contributed by atoms with Gasteiger partial charge in [-0.2, -0.15) is 0 Å². The van der Waals surface area contributed by atoms with E-state index in [0.29, 0.717) is 0 Å². The molecule has 0 amide bonds. The number of hydrogen-bond acceptors (Lipinski definition) is 4. The van der Waals surface area contributed by atoms with Crippen molar-refractivity contribution in [1.29, 1.82) is 0 Å². The number of furan rings is 2. The van der Waals surface area contributed by atoms with Gasteiger partial charge in [-0.1, -0.05) is 72.8 Å². The molecule has 3 heterocycles. The molecule has 0 aliphatic carbocycles.